The summed E-state index contributed by atoms with van der Waals surface area (Å²) < 4.78 is 0.684. The highest BCUT2D eigenvalue weighted by Gasteiger charge is 2.21. The molecule has 0 aromatic heterocycles. The maximum Gasteiger partial charge on any atom is 0.337 e. The molecule has 4 N–H and O–H groups in total. The van der Waals surface area contributed by atoms with Crippen LogP contribution in [0.25, 0.3) is 0 Å². The minimum Gasteiger partial charge on any atom is -0.478 e. The number of hydrogen-bond acceptors (Lipinski definition) is 3. The molecular formula is C14H17BrN2O4. The summed E-state index contributed by atoms with van der Waals surface area (Å²) in [4.78, 5) is 23.1. The van der Waals surface area contributed by atoms with E-state index in [9.17, 15) is 14.7 Å². The summed E-state index contributed by atoms with van der Waals surface area (Å²) in [5.41, 5.74) is 0.276. The Morgan fingerprint density at radius 2 is 1.86 bits per heavy atom. The van der Waals surface area contributed by atoms with Crippen LogP contribution in [0.2, 0.25) is 0 Å². The maximum absolute atomic E-state index is 12.0. The molecule has 0 atom stereocenters. The molecule has 114 valence electrons. The molecule has 1 aromatic carbocycles. The molecule has 0 aliphatic heterocycles. The van der Waals surface area contributed by atoms with Gasteiger partial charge in [0.25, 0.3) is 0 Å². The summed E-state index contributed by atoms with van der Waals surface area (Å²) in [6, 6.07) is 4.16. The highest BCUT2D eigenvalue weighted by Crippen LogP contribution is 2.22. The Hall–Kier alpha value is -1.60. The number of carbonyl (C=O) groups is 2. The number of carboxylic acid groups (broad SMARTS) is 1. The fourth-order valence-corrected chi connectivity index (χ4v) is 2.73. The topological polar surface area (TPSA) is 98.7 Å². The maximum atomic E-state index is 12.0. The van der Waals surface area contributed by atoms with Crippen molar-refractivity contribution in [3.05, 3.63) is 28.2 Å². The SMILES string of the molecule is O=C(Nc1cc(Br)ccc1C(=O)O)NC1CCC(O)CC1. The van der Waals surface area contributed by atoms with Crippen LogP contribution in [0.15, 0.2) is 22.7 Å². The van der Waals surface area contributed by atoms with Gasteiger partial charge in [-0.3, -0.25) is 0 Å². The molecule has 6 nitrogen and oxygen atoms in total. The number of anilines is 1. The molecule has 7 heteroatoms. The van der Waals surface area contributed by atoms with Crippen LogP contribution in [-0.4, -0.2) is 34.4 Å². The third-order valence-electron chi connectivity index (χ3n) is 3.49. The number of halogens is 1. The van der Waals surface area contributed by atoms with Gasteiger partial charge in [-0.15, -0.1) is 0 Å². The fraction of sp³-hybridized carbons (Fsp3) is 0.429. The number of benzene rings is 1. The number of aliphatic hydroxyl groups is 1. The Balaban J connectivity index is 1.99. The Bertz CT molecular complexity index is 542. The Morgan fingerprint density at radius 3 is 2.48 bits per heavy atom. The van der Waals surface area contributed by atoms with Gasteiger partial charge in [0, 0.05) is 10.5 Å². The van der Waals surface area contributed by atoms with Gasteiger partial charge in [0.1, 0.15) is 0 Å². The Labute approximate surface area is 130 Å². The quantitative estimate of drug-likeness (QED) is 0.668. The molecule has 2 amide bonds. The van der Waals surface area contributed by atoms with Gasteiger partial charge in [0.15, 0.2) is 0 Å². The van der Waals surface area contributed by atoms with Crippen LogP contribution in [0.3, 0.4) is 0 Å². The first kappa shape index (κ1) is 15.8. The zero-order valence-corrected chi connectivity index (χ0v) is 12.9. The first-order valence-corrected chi connectivity index (χ1v) is 7.53. The number of hydrogen-bond donors (Lipinski definition) is 4. The lowest BCUT2D eigenvalue weighted by atomic mass is 9.93. The van der Waals surface area contributed by atoms with E-state index >= 15 is 0 Å². The number of nitrogens with one attached hydrogen (secondary N) is 2. The second-order valence-electron chi connectivity index (χ2n) is 5.10. The number of carbonyl (C=O) groups excluding carboxylic acids is 1. The first-order valence-electron chi connectivity index (χ1n) is 6.74. The van der Waals surface area contributed by atoms with Gasteiger partial charge >= 0.3 is 12.0 Å². The van der Waals surface area contributed by atoms with Crippen molar-refractivity contribution >= 4 is 33.6 Å². The van der Waals surface area contributed by atoms with E-state index in [4.69, 9.17) is 5.11 Å². The van der Waals surface area contributed by atoms with Crippen LogP contribution >= 0.6 is 15.9 Å². The summed E-state index contributed by atoms with van der Waals surface area (Å²) in [6.45, 7) is 0. The van der Waals surface area contributed by atoms with Crippen LogP contribution in [0.4, 0.5) is 10.5 Å². The van der Waals surface area contributed by atoms with E-state index in [0.29, 0.717) is 17.3 Å². The lowest BCUT2D eigenvalue weighted by molar-refractivity contribution is 0.0698. The molecule has 1 saturated carbocycles. The molecular weight excluding hydrogens is 340 g/mol. The molecule has 1 aromatic rings. The molecule has 21 heavy (non-hydrogen) atoms. The molecule has 0 heterocycles. The third kappa shape index (κ3) is 4.44. The largest absolute Gasteiger partial charge is 0.478 e. The van der Waals surface area contributed by atoms with E-state index in [-0.39, 0.29) is 23.4 Å². The smallest absolute Gasteiger partial charge is 0.337 e. The van der Waals surface area contributed by atoms with Gasteiger partial charge in [-0.2, -0.15) is 0 Å². The minimum atomic E-state index is -1.10. The molecule has 1 fully saturated rings. The van der Waals surface area contributed by atoms with E-state index in [1.54, 1.807) is 12.1 Å². The van der Waals surface area contributed by atoms with E-state index in [1.165, 1.54) is 6.07 Å². The Kier molecular flexibility index (Phi) is 5.19. The van der Waals surface area contributed by atoms with Crippen LogP contribution in [0.1, 0.15) is 36.0 Å². The highest BCUT2D eigenvalue weighted by molar-refractivity contribution is 9.10. The van der Waals surface area contributed by atoms with E-state index < -0.39 is 12.0 Å². The zero-order chi connectivity index (χ0) is 15.4. The highest BCUT2D eigenvalue weighted by atomic mass is 79.9. The number of aromatic carboxylic acids is 1. The second-order valence-corrected chi connectivity index (χ2v) is 6.01. The van der Waals surface area contributed by atoms with Crippen molar-refractivity contribution in [2.24, 2.45) is 0 Å². The second kappa shape index (κ2) is 6.91. The monoisotopic (exact) mass is 356 g/mol. The lowest BCUT2D eigenvalue weighted by Crippen LogP contribution is -2.41. The summed E-state index contributed by atoms with van der Waals surface area (Å²) in [6.07, 6.45) is 2.50. The van der Waals surface area contributed by atoms with Gasteiger partial charge in [-0.1, -0.05) is 15.9 Å². The molecule has 0 unspecified atom stereocenters. The van der Waals surface area contributed by atoms with Crippen molar-refractivity contribution in [1.82, 2.24) is 5.32 Å². The third-order valence-corrected chi connectivity index (χ3v) is 3.99. The number of urea groups is 1. The van der Waals surface area contributed by atoms with Gasteiger partial charge in [-0.05, 0) is 43.9 Å². The van der Waals surface area contributed by atoms with Crippen molar-refractivity contribution in [1.29, 1.82) is 0 Å². The van der Waals surface area contributed by atoms with Crippen LogP contribution in [0.5, 0.6) is 0 Å². The molecule has 0 radical (unpaired) electrons. The number of carboxylic acids is 1. The number of rotatable bonds is 3. The molecule has 1 aliphatic rings. The van der Waals surface area contributed by atoms with E-state index in [2.05, 4.69) is 26.6 Å². The molecule has 1 aliphatic carbocycles. The average Bonchev–Trinajstić information content (AvgIpc) is 2.41. The van der Waals surface area contributed by atoms with E-state index in [0.717, 1.165) is 12.8 Å². The molecule has 0 bridgehead atoms. The standard InChI is InChI=1S/C14H17BrN2O4/c15-8-1-6-11(13(19)20)12(7-8)17-14(21)16-9-2-4-10(18)5-3-9/h1,6-7,9-10,18H,2-5H2,(H,19,20)(H2,16,17,21). The predicted molar refractivity (Wildman–Crippen MR) is 81.5 cm³/mol. The van der Waals surface area contributed by atoms with Gasteiger partial charge in [0.05, 0.1) is 17.4 Å². The van der Waals surface area contributed by atoms with Crippen molar-refractivity contribution in [2.45, 2.75) is 37.8 Å². The molecule has 0 spiro atoms. The predicted octanol–water partition coefficient (Wildman–Crippen LogP) is 2.57. The van der Waals surface area contributed by atoms with Crippen molar-refractivity contribution in [3.63, 3.8) is 0 Å². The van der Waals surface area contributed by atoms with Gasteiger partial charge < -0.3 is 20.8 Å². The van der Waals surface area contributed by atoms with Crippen molar-refractivity contribution in [2.75, 3.05) is 5.32 Å². The van der Waals surface area contributed by atoms with Crippen LogP contribution in [0, 0.1) is 0 Å². The summed E-state index contributed by atoms with van der Waals surface area (Å²) >= 11 is 3.25. The first-order chi connectivity index (χ1) is 9.95. The number of aliphatic hydroxyl groups excluding tert-OH is 1. The Morgan fingerprint density at radius 1 is 1.19 bits per heavy atom. The van der Waals surface area contributed by atoms with Crippen LogP contribution in [-0.2, 0) is 0 Å². The van der Waals surface area contributed by atoms with Gasteiger partial charge in [0.2, 0.25) is 0 Å². The minimum absolute atomic E-state index is 0.00818. The molecule has 2 rings (SSSR count). The zero-order valence-electron chi connectivity index (χ0n) is 11.3. The van der Waals surface area contributed by atoms with Crippen molar-refractivity contribution < 1.29 is 19.8 Å². The summed E-state index contributed by atoms with van der Waals surface area (Å²) in [5, 5.41) is 23.9. The fourth-order valence-electron chi connectivity index (χ4n) is 2.37. The molecule has 0 saturated heterocycles. The number of amides is 2. The lowest BCUT2D eigenvalue weighted by Gasteiger charge is -2.26. The van der Waals surface area contributed by atoms with Crippen molar-refractivity contribution in [3.8, 4) is 0 Å². The van der Waals surface area contributed by atoms with E-state index in [1.807, 2.05) is 0 Å². The van der Waals surface area contributed by atoms with Gasteiger partial charge in [-0.25, -0.2) is 9.59 Å². The summed E-state index contributed by atoms with van der Waals surface area (Å²) in [7, 11) is 0. The normalized spacial score (nSPS) is 21.6. The average molecular weight is 357 g/mol. The van der Waals surface area contributed by atoms with Crippen LogP contribution < -0.4 is 10.6 Å². The summed E-state index contributed by atoms with van der Waals surface area (Å²) in [5.74, 6) is -1.10.